The van der Waals surface area contributed by atoms with Crippen molar-refractivity contribution >= 4 is 28.3 Å². The zero-order valence-electron chi connectivity index (χ0n) is 15.5. The number of ether oxygens (including phenoxy) is 1. The van der Waals surface area contributed by atoms with Crippen LogP contribution in [0.15, 0.2) is 72.6 Å². The Morgan fingerprint density at radius 3 is 2.68 bits per heavy atom. The third kappa shape index (κ3) is 4.72. The molecule has 0 aliphatic heterocycles. The number of benzene rings is 2. The lowest BCUT2D eigenvalue weighted by Gasteiger charge is -2.18. The average Bonchev–Trinajstić information content (AvgIpc) is 3.20. The first-order valence-electron chi connectivity index (χ1n) is 8.74. The number of thiazole rings is 1. The highest BCUT2D eigenvalue weighted by Gasteiger charge is 2.20. The van der Waals surface area contributed by atoms with Crippen molar-refractivity contribution in [3.8, 4) is 11.3 Å². The maximum atomic E-state index is 12.6. The van der Waals surface area contributed by atoms with Gasteiger partial charge < -0.3 is 4.74 Å². The van der Waals surface area contributed by atoms with Crippen molar-refractivity contribution in [2.75, 3.05) is 18.1 Å². The summed E-state index contributed by atoms with van der Waals surface area (Å²) in [5, 5.41) is 2.43. The van der Waals surface area contributed by atoms with E-state index in [4.69, 9.17) is 4.74 Å². The first kappa shape index (κ1) is 19.5. The molecular weight excluding hydrogens is 372 g/mol. The van der Waals surface area contributed by atoms with Crippen molar-refractivity contribution in [2.24, 2.45) is 0 Å². The molecule has 0 unspecified atom stereocenters. The van der Waals surface area contributed by atoms with E-state index in [0.29, 0.717) is 10.7 Å². The van der Waals surface area contributed by atoms with Crippen molar-refractivity contribution in [3.63, 3.8) is 0 Å². The Bertz CT molecular complexity index is 982. The molecular formula is C22H20N2O3S. The van der Waals surface area contributed by atoms with Gasteiger partial charge in [0, 0.05) is 17.5 Å². The summed E-state index contributed by atoms with van der Waals surface area (Å²) in [4.78, 5) is 30.8. The molecule has 0 aliphatic rings. The number of anilines is 1. The third-order valence-corrected chi connectivity index (χ3v) is 4.85. The van der Waals surface area contributed by atoms with E-state index in [9.17, 15) is 9.59 Å². The van der Waals surface area contributed by atoms with Crippen molar-refractivity contribution in [3.05, 3.63) is 83.8 Å². The van der Waals surface area contributed by atoms with E-state index >= 15 is 0 Å². The summed E-state index contributed by atoms with van der Waals surface area (Å²) in [6.45, 7) is 5.51. The lowest BCUT2D eigenvalue weighted by atomic mass is 10.1. The Morgan fingerprint density at radius 1 is 1.18 bits per heavy atom. The molecule has 0 aliphatic carbocycles. The van der Waals surface area contributed by atoms with E-state index in [0.717, 1.165) is 16.8 Å². The van der Waals surface area contributed by atoms with Gasteiger partial charge in [-0.1, -0.05) is 54.1 Å². The number of carbonyl (C=O) groups excluding carboxylic acids is 2. The van der Waals surface area contributed by atoms with Gasteiger partial charge in [0.05, 0.1) is 11.3 Å². The predicted octanol–water partition coefficient (Wildman–Crippen LogP) is 4.49. The largest absolute Gasteiger partial charge is 0.452 e. The van der Waals surface area contributed by atoms with Crippen LogP contribution in [0, 0.1) is 6.92 Å². The van der Waals surface area contributed by atoms with Crippen LogP contribution in [0.5, 0.6) is 0 Å². The van der Waals surface area contributed by atoms with Crippen LogP contribution in [0.4, 0.5) is 5.13 Å². The van der Waals surface area contributed by atoms with Crippen molar-refractivity contribution in [1.29, 1.82) is 0 Å². The second-order valence-electron chi connectivity index (χ2n) is 6.12. The van der Waals surface area contributed by atoms with Gasteiger partial charge in [-0.15, -0.1) is 17.9 Å². The molecule has 0 radical (unpaired) electrons. The van der Waals surface area contributed by atoms with Crippen molar-refractivity contribution in [1.82, 2.24) is 4.98 Å². The Hall–Kier alpha value is -3.25. The summed E-state index contributed by atoms with van der Waals surface area (Å²) in [7, 11) is 0. The summed E-state index contributed by atoms with van der Waals surface area (Å²) in [6, 6.07) is 16.8. The lowest BCUT2D eigenvalue weighted by Crippen LogP contribution is -2.34. The molecule has 3 aromatic rings. The Kier molecular flexibility index (Phi) is 6.34. The summed E-state index contributed by atoms with van der Waals surface area (Å²) in [6.07, 6.45) is 1.61. The van der Waals surface area contributed by atoms with E-state index in [-0.39, 0.29) is 19.1 Å². The highest BCUT2D eigenvalue weighted by atomic mass is 32.1. The first-order valence-corrected chi connectivity index (χ1v) is 9.62. The number of hydrogen-bond donors (Lipinski definition) is 0. The number of aromatic nitrogens is 1. The normalized spacial score (nSPS) is 10.3. The number of rotatable bonds is 7. The molecule has 1 amide bonds. The van der Waals surface area contributed by atoms with Crippen LogP contribution in [-0.4, -0.2) is 30.0 Å². The van der Waals surface area contributed by atoms with E-state index in [1.807, 2.05) is 48.7 Å². The van der Waals surface area contributed by atoms with Crippen molar-refractivity contribution < 1.29 is 14.3 Å². The molecule has 6 heteroatoms. The van der Waals surface area contributed by atoms with E-state index in [1.54, 1.807) is 24.3 Å². The zero-order valence-corrected chi connectivity index (χ0v) is 16.3. The summed E-state index contributed by atoms with van der Waals surface area (Å²) in [5.74, 6) is -0.880. The molecule has 2 aromatic carbocycles. The number of carbonyl (C=O) groups is 2. The fraction of sp³-hybridized carbons (Fsp3) is 0.136. The van der Waals surface area contributed by atoms with Crippen LogP contribution < -0.4 is 4.90 Å². The van der Waals surface area contributed by atoms with Gasteiger partial charge in [-0.05, 0) is 19.1 Å². The topological polar surface area (TPSA) is 59.5 Å². The van der Waals surface area contributed by atoms with Crippen LogP contribution in [-0.2, 0) is 9.53 Å². The maximum absolute atomic E-state index is 12.6. The summed E-state index contributed by atoms with van der Waals surface area (Å²) >= 11 is 1.36. The quantitative estimate of drug-likeness (QED) is 0.439. The van der Waals surface area contributed by atoms with E-state index in [1.165, 1.54) is 16.2 Å². The Balaban J connectivity index is 1.70. The van der Waals surface area contributed by atoms with E-state index in [2.05, 4.69) is 11.6 Å². The molecule has 28 heavy (non-hydrogen) atoms. The minimum atomic E-state index is -0.528. The summed E-state index contributed by atoms with van der Waals surface area (Å²) in [5.41, 5.74) is 3.13. The van der Waals surface area contributed by atoms with E-state index < -0.39 is 5.97 Å². The maximum Gasteiger partial charge on any atom is 0.338 e. The van der Waals surface area contributed by atoms with Gasteiger partial charge in [0.2, 0.25) is 0 Å². The molecule has 0 bridgehead atoms. The van der Waals surface area contributed by atoms with Gasteiger partial charge >= 0.3 is 5.97 Å². The smallest absolute Gasteiger partial charge is 0.338 e. The monoisotopic (exact) mass is 392 g/mol. The van der Waals surface area contributed by atoms with Crippen LogP contribution in [0.2, 0.25) is 0 Å². The molecule has 0 N–H and O–H groups in total. The number of esters is 1. The van der Waals surface area contributed by atoms with Gasteiger partial charge in [-0.2, -0.15) is 0 Å². The number of hydrogen-bond acceptors (Lipinski definition) is 5. The molecule has 0 fully saturated rings. The summed E-state index contributed by atoms with van der Waals surface area (Å²) < 4.78 is 5.20. The standard InChI is InChI=1S/C22H20N2O3S/c1-3-12-24(22-23-19(15-28-22)17-9-5-4-6-10-17)20(25)14-27-21(26)18-11-7-8-16(2)13-18/h3-11,13,15H,1,12,14H2,2H3. The minimum absolute atomic E-state index is 0.280. The van der Waals surface area contributed by atoms with Crippen LogP contribution in [0.25, 0.3) is 11.3 Å². The fourth-order valence-corrected chi connectivity index (χ4v) is 3.47. The average molecular weight is 392 g/mol. The number of nitrogens with zero attached hydrogens (tertiary/aromatic N) is 2. The molecule has 1 heterocycles. The third-order valence-electron chi connectivity index (χ3n) is 3.99. The van der Waals surface area contributed by atoms with Crippen LogP contribution in [0.1, 0.15) is 15.9 Å². The van der Waals surface area contributed by atoms with Gasteiger partial charge in [-0.3, -0.25) is 9.69 Å². The molecule has 3 rings (SSSR count). The predicted molar refractivity (Wildman–Crippen MR) is 112 cm³/mol. The molecule has 0 spiro atoms. The second-order valence-corrected chi connectivity index (χ2v) is 6.96. The van der Waals surface area contributed by atoms with Gasteiger partial charge in [-0.25, -0.2) is 9.78 Å². The molecule has 0 atom stereocenters. The molecule has 142 valence electrons. The van der Waals surface area contributed by atoms with Gasteiger partial charge in [0.1, 0.15) is 0 Å². The highest BCUT2D eigenvalue weighted by Crippen LogP contribution is 2.27. The van der Waals surface area contributed by atoms with Crippen LogP contribution >= 0.6 is 11.3 Å². The number of aryl methyl sites for hydroxylation is 1. The fourth-order valence-electron chi connectivity index (χ4n) is 2.61. The van der Waals surface area contributed by atoms with Crippen molar-refractivity contribution in [2.45, 2.75) is 6.92 Å². The zero-order chi connectivity index (χ0) is 19.9. The molecule has 1 aromatic heterocycles. The first-order chi connectivity index (χ1) is 13.6. The molecule has 0 saturated heterocycles. The molecule has 0 saturated carbocycles. The second kappa shape index (κ2) is 9.10. The Labute approximate surface area is 167 Å². The molecule has 5 nitrogen and oxygen atoms in total. The SMILES string of the molecule is C=CCN(C(=O)COC(=O)c1cccc(C)c1)c1nc(-c2ccccc2)cs1. The lowest BCUT2D eigenvalue weighted by molar-refractivity contribution is -0.121. The number of amides is 1. The van der Waals surface area contributed by atoms with Crippen LogP contribution in [0.3, 0.4) is 0 Å². The Morgan fingerprint density at radius 2 is 1.96 bits per heavy atom. The van der Waals surface area contributed by atoms with Gasteiger partial charge in [0.25, 0.3) is 5.91 Å². The van der Waals surface area contributed by atoms with Gasteiger partial charge in [0.15, 0.2) is 11.7 Å². The highest BCUT2D eigenvalue weighted by molar-refractivity contribution is 7.14. The minimum Gasteiger partial charge on any atom is -0.452 e.